The third kappa shape index (κ3) is 2.94. The summed E-state index contributed by atoms with van der Waals surface area (Å²) < 4.78 is 5.02. The van der Waals surface area contributed by atoms with Crippen molar-refractivity contribution in [3.05, 3.63) is 65.4 Å². The van der Waals surface area contributed by atoms with Crippen LogP contribution in [0.2, 0.25) is 0 Å². The molecule has 0 aliphatic carbocycles. The van der Waals surface area contributed by atoms with E-state index in [0.29, 0.717) is 5.56 Å². The molecule has 0 fully saturated rings. The fourth-order valence-electron chi connectivity index (χ4n) is 2.40. The Kier molecular flexibility index (Phi) is 3.85. The SMILES string of the molecule is Cc1ccc(C(=O)OCC(=O)c2c[nH]c3ccccc23)c(O)c1. The summed E-state index contributed by atoms with van der Waals surface area (Å²) in [4.78, 5) is 27.2. The van der Waals surface area contributed by atoms with Gasteiger partial charge in [0, 0.05) is 22.7 Å². The predicted octanol–water partition coefficient (Wildman–Crippen LogP) is 3.22. The molecule has 3 rings (SSSR count). The number of aromatic hydroxyl groups is 1. The topological polar surface area (TPSA) is 79.4 Å². The van der Waals surface area contributed by atoms with E-state index in [2.05, 4.69) is 4.98 Å². The number of benzene rings is 2. The zero-order valence-corrected chi connectivity index (χ0v) is 12.5. The molecule has 116 valence electrons. The number of ketones is 1. The number of esters is 1. The van der Waals surface area contributed by atoms with E-state index in [-0.39, 0.29) is 23.7 Å². The summed E-state index contributed by atoms with van der Waals surface area (Å²) in [7, 11) is 0. The summed E-state index contributed by atoms with van der Waals surface area (Å²) in [5, 5.41) is 10.5. The van der Waals surface area contributed by atoms with Gasteiger partial charge in [0.2, 0.25) is 5.78 Å². The largest absolute Gasteiger partial charge is 0.507 e. The Morgan fingerprint density at radius 2 is 1.91 bits per heavy atom. The summed E-state index contributed by atoms with van der Waals surface area (Å²) >= 11 is 0. The number of rotatable bonds is 4. The third-order valence-corrected chi connectivity index (χ3v) is 3.60. The summed E-state index contributed by atoms with van der Waals surface area (Å²) in [6.45, 7) is 1.42. The zero-order valence-electron chi connectivity index (χ0n) is 12.5. The van der Waals surface area contributed by atoms with Crippen LogP contribution in [0.4, 0.5) is 0 Å². The molecule has 0 radical (unpaired) electrons. The van der Waals surface area contributed by atoms with Crippen LogP contribution >= 0.6 is 0 Å². The Bertz CT molecular complexity index is 895. The van der Waals surface area contributed by atoms with Crippen LogP contribution in [0.15, 0.2) is 48.7 Å². The molecule has 0 spiro atoms. The van der Waals surface area contributed by atoms with Gasteiger partial charge in [0.25, 0.3) is 0 Å². The molecule has 2 N–H and O–H groups in total. The molecule has 0 amide bonds. The normalized spacial score (nSPS) is 10.7. The van der Waals surface area contributed by atoms with Gasteiger partial charge in [0.05, 0.1) is 0 Å². The fourth-order valence-corrected chi connectivity index (χ4v) is 2.40. The number of H-pyrrole nitrogens is 1. The molecule has 1 heterocycles. The number of phenolic OH excluding ortho intramolecular Hbond substituents is 1. The number of hydrogen-bond donors (Lipinski definition) is 2. The van der Waals surface area contributed by atoms with Gasteiger partial charge >= 0.3 is 5.97 Å². The molecule has 2 aromatic carbocycles. The number of nitrogens with one attached hydrogen (secondary N) is 1. The molecule has 0 unspecified atom stereocenters. The highest BCUT2D eigenvalue weighted by Crippen LogP contribution is 2.21. The van der Waals surface area contributed by atoms with E-state index in [1.165, 1.54) is 12.1 Å². The molecule has 3 aromatic rings. The van der Waals surface area contributed by atoms with Gasteiger partial charge in [0.1, 0.15) is 11.3 Å². The van der Waals surface area contributed by atoms with Crippen molar-refractivity contribution in [3.8, 4) is 5.75 Å². The molecule has 5 nitrogen and oxygen atoms in total. The Morgan fingerprint density at radius 1 is 1.13 bits per heavy atom. The van der Waals surface area contributed by atoms with Crippen LogP contribution in [0.3, 0.4) is 0 Å². The lowest BCUT2D eigenvalue weighted by molar-refractivity contribution is 0.0472. The van der Waals surface area contributed by atoms with Crippen molar-refractivity contribution in [2.24, 2.45) is 0 Å². The van der Waals surface area contributed by atoms with Crippen LogP contribution in [-0.2, 0) is 4.74 Å². The molecule has 0 aliphatic rings. The second-order valence-electron chi connectivity index (χ2n) is 5.27. The maximum absolute atomic E-state index is 12.2. The summed E-state index contributed by atoms with van der Waals surface area (Å²) in [5.41, 5.74) is 2.19. The second kappa shape index (κ2) is 5.96. The molecule has 1 aromatic heterocycles. The smallest absolute Gasteiger partial charge is 0.342 e. The first-order valence-corrected chi connectivity index (χ1v) is 7.12. The number of carbonyl (C=O) groups excluding carboxylic acids is 2. The molecule has 0 aliphatic heterocycles. The molecular formula is C18H15NO4. The van der Waals surface area contributed by atoms with Gasteiger partial charge in [-0.3, -0.25) is 4.79 Å². The number of Topliss-reactive ketones (excluding diaryl/α,β-unsaturated/α-hetero) is 1. The van der Waals surface area contributed by atoms with Gasteiger partial charge in [-0.15, -0.1) is 0 Å². The highest BCUT2D eigenvalue weighted by atomic mass is 16.5. The minimum atomic E-state index is -0.726. The average molecular weight is 309 g/mol. The van der Waals surface area contributed by atoms with Crippen LogP contribution in [0.1, 0.15) is 26.3 Å². The standard InChI is InChI=1S/C18H15NO4/c1-11-6-7-13(16(20)8-11)18(22)23-10-17(21)14-9-19-15-5-3-2-4-12(14)15/h2-9,19-20H,10H2,1H3. The number of para-hydroxylation sites is 1. The van der Waals surface area contributed by atoms with Crippen LogP contribution < -0.4 is 0 Å². The molecule has 23 heavy (non-hydrogen) atoms. The summed E-state index contributed by atoms with van der Waals surface area (Å²) in [6.07, 6.45) is 1.60. The first-order chi connectivity index (χ1) is 11.1. The van der Waals surface area contributed by atoms with Gasteiger partial charge in [-0.25, -0.2) is 4.79 Å². The van der Waals surface area contributed by atoms with Gasteiger partial charge in [-0.2, -0.15) is 0 Å². The highest BCUT2D eigenvalue weighted by molar-refractivity contribution is 6.09. The van der Waals surface area contributed by atoms with Crippen molar-refractivity contribution in [2.75, 3.05) is 6.61 Å². The summed E-state index contributed by atoms with van der Waals surface area (Å²) in [6, 6.07) is 12.0. The molecule has 0 saturated carbocycles. The number of aryl methyl sites for hydroxylation is 1. The van der Waals surface area contributed by atoms with E-state index in [4.69, 9.17) is 4.74 Å². The van der Waals surface area contributed by atoms with E-state index in [1.807, 2.05) is 24.3 Å². The van der Waals surface area contributed by atoms with Crippen LogP contribution in [0.25, 0.3) is 10.9 Å². The third-order valence-electron chi connectivity index (χ3n) is 3.60. The lowest BCUT2D eigenvalue weighted by Crippen LogP contribution is -2.14. The van der Waals surface area contributed by atoms with Crippen molar-refractivity contribution >= 4 is 22.7 Å². The second-order valence-corrected chi connectivity index (χ2v) is 5.27. The van der Waals surface area contributed by atoms with Crippen molar-refractivity contribution in [1.29, 1.82) is 0 Å². The maximum atomic E-state index is 12.2. The quantitative estimate of drug-likeness (QED) is 0.573. The van der Waals surface area contributed by atoms with Gasteiger partial charge < -0.3 is 14.8 Å². The van der Waals surface area contributed by atoms with Crippen molar-refractivity contribution in [2.45, 2.75) is 6.92 Å². The molecular weight excluding hydrogens is 294 g/mol. The predicted molar refractivity (Wildman–Crippen MR) is 85.8 cm³/mol. The zero-order chi connectivity index (χ0) is 16.4. The first-order valence-electron chi connectivity index (χ1n) is 7.12. The Morgan fingerprint density at radius 3 is 2.70 bits per heavy atom. The summed E-state index contributed by atoms with van der Waals surface area (Å²) in [5.74, 6) is -1.19. The van der Waals surface area contributed by atoms with Gasteiger partial charge in [-0.05, 0) is 30.7 Å². The monoisotopic (exact) mass is 309 g/mol. The molecule has 5 heteroatoms. The van der Waals surface area contributed by atoms with Gasteiger partial charge in [0.15, 0.2) is 6.61 Å². The molecule has 0 saturated heterocycles. The van der Waals surface area contributed by atoms with Crippen molar-refractivity contribution in [3.63, 3.8) is 0 Å². The number of ether oxygens (including phenoxy) is 1. The number of phenols is 1. The molecule has 0 bridgehead atoms. The minimum absolute atomic E-state index is 0.0438. The Balaban J connectivity index is 1.72. The van der Waals surface area contributed by atoms with E-state index in [1.54, 1.807) is 19.2 Å². The average Bonchev–Trinajstić information content (AvgIpc) is 2.96. The lowest BCUT2D eigenvalue weighted by atomic mass is 10.1. The Hall–Kier alpha value is -3.08. The van der Waals surface area contributed by atoms with Crippen LogP contribution in [-0.4, -0.2) is 28.4 Å². The highest BCUT2D eigenvalue weighted by Gasteiger charge is 2.17. The van der Waals surface area contributed by atoms with E-state index < -0.39 is 5.97 Å². The molecule has 0 atom stereocenters. The number of carbonyl (C=O) groups is 2. The maximum Gasteiger partial charge on any atom is 0.342 e. The van der Waals surface area contributed by atoms with Crippen LogP contribution in [0.5, 0.6) is 5.75 Å². The first kappa shape index (κ1) is 14.8. The number of aromatic nitrogens is 1. The Labute approximate surface area is 132 Å². The number of hydrogen-bond acceptors (Lipinski definition) is 4. The van der Waals surface area contributed by atoms with Gasteiger partial charge in [-0.1, -0.05) is 24.3 Å². The minimum Gasteiger partial charge on any atom is -0.507 e. The lowest BCUT2D eigenvalue weighted by Gasteiger charge is -2.06. The number of aromatic amines is 1. The van der Waals surface area contributed by atoms with Crippen molar-refractivity contribution < 1.29 is 19.4 Å². The van der Waals surface area contributed by atoms with E-state index >= 15 is 0 Å². The van der Waals surface area contributed by atoms with E-state index in [9.17, 15) is 14.7 Å². The van der Waals surface area contributed by atoms with Crippen molar-refractivity contribution in [1.82, 2.24) is 4.98 Å². The number of fused-ring (bicyclic) bond motifs is 1. The van der Waals surface area contributed by atoms with Crippen LogP contribution in [0, 0.1) is 6.92 Å². The fraction of sp³-hybridized carbons (Fsp3) is 0.111. The van der Waals surface area contributed by atoms with E-state index in [0.717, 1.165) is 16.5 Å².